The second-order valence-corrected chi connectivity index (χ2v) is 4.91. The molecule has 3 rings (SSSR count). The molecule has 1 N–H and O–H groups in total. The number of hydrogen-bond donors (Lipinski definition) is 1. The van der Waals surface area contributed by atoms with E-state index in [0.29, 0.717) is 6.04 Å². The number of rotatable bonds is 3. The van der Waals surface area contributed by atoms with Crippen molar-refractivity contribution in [3.05, 3.63) is 29.8 Å². The van der Waals surface area contributed by atoms with Gasteiger partial charge >= 0.3 is 0 Å². The Bertz CT molecular complexity index is 575. The van der Waals surface area contributed by atoms with E-state index in [1.54, 1.807) is 0 Å². The standard InChI is InChI=1S/C14H19N5/c1-3-19-9-10(7-17-19)14-16-8-11-12(15-2)5-4-6-13(11)18-14/h7-9,12,15H,3-6H2,1-2H3. The minimum atomic E-state index is 0.399. The van der Waals surface area contributed by atoms with Crippen LogP contribution in [-0.2, 0) is 13.0 Å². The van der Waals surface area contributed by atoms with Crippen molar-refractivity contribution in [2.24, 2.45) is 0 Å². The molecule has 2 heterocycles. The van der Waals surface area contributed by atoms with Gasteiger partial charge < -0.3 is 5.32 Å². The first kappa shape index (κ1) is 12.3. The average molecular weight is 257 g/mol. The van der Waals surface area contributed by atoms with Crippen molar-refractivity contribution in [2.75, 3.05) is 7.05 Å². The number of nitrogens with zero attached hydrogens (tertiary/aromatic N) is 4. The molecule has 0 saturated carbocycles. The molecule has 0 amide bonds. The predicted octanol–water partition coefficient (Wildman–Crippen LogP) is 1.96. The van der Waals surface area contributed by atoms with Crippen LogP contribution in [0.3, 0.4) is 0 Å². The Morgan fingerprint density at radius 1 is 1.42 bits per heavy atom. The highest BCUT2D eigenvalue weighted by molar-refractivity contribution is 5.52. The van der Waals surface area contributed by atoms with Crippen LogP contribution in [0.5, 0.6) is 0 Å². The molecule has 2 aromatic rings. The molecule has 2 aromatic heterocycles. The van der Waals surface area contributed by atoms with Crippen LogP contribution in [-0.4, -0.2) is 26.8 Å². The molecule has 0 bridgehead atoms. The molecule has 0 fully saturated rings. The van der Waals surface area contributed by atoms with E-state index in [2.05, 4.69) is 22.3 Å². The fraction of sp³-hybridized carbons (Fsp3) is 0.500. The van der Waals surface area contributed by atoms with E-state index in [1.807, 2.05) is 30.3 Å². The van der Waals surface area contributed by atoms with Crippen molar-refractivity contribution in [1.82, 2.24) is 25.1 Å². The van der Waals surface area contributed by atoms with E-state index in [0.717, 1.165) is 24.4 Å². The number of hydrogen-bond acceptors (Lipinski definition) is 4. The van der Waals surface area contributed by atoms with Crippen molar-refractivity contribution in [2.45, 2.75) is 38.8 Å². The fourth-order valence-electron chi connectivity index (χ4n) is 2.64. The summed E-state index contributed by atoms with van der Waals surface area (Å²) in [5.74, 6) is 0.787. The summed E-state index contributed by atoms with van der Waals surface area (Å²) in [5, 5.41) is 7.61. The van der Waals surface area contributed by atoms with Crippen LogP contribution in [0.4, 0.5) is 0 Å². The molecule has 1 aliphatic rings. The largest absolute Gasteiger partial charge is 0.313 e. The summed E-state index contributed by atoms with van der Waals surface area (Å²) in [6.07, 6.45) is 9.21. The molecular formula is C14H19N5. The summed E-state index contributed by atoms with van der Waals surface area (Å²) in [6, 6.07) is 0.399. The van der Waals surface area contributed by atoms with Gasteiger partial charge in [0.25, 0.3) is 0 Å². The second-order valence-electron chi connectivity index (χ2n) is 4.91. The van der Waals surface area contributed by atoms with Gasteiger partial charge in [-0.15, -0.1) is 0 Å². The summed E-state index contributed by atoms with van der Waals surface area (Å²) in [5.41, 5.74) is 3.43. The van der Waals surface area contributed by atoms with Crippen LogP contribution in [0.15, 0.2) is 18.6 Å². The monoisotopic (exact) mass is 257 g/mol. The highest BCUT2D eigenvalue weighted by atomic mass is 15.3. The SMILES string of the molecule is CCn1cc(-c2ncc3c(n2)CCCC3NC)cn1. The zero-order valence-corrected chi connectivity index (χ0v) is 11.4. The number of aromatic nitrogens is 4. The third kappa shape index (κ3) is 2.26. The van der Waals surface area contributed by atoms with E-state index >= 15 is 0 Å². The molecule has 19 heavy (non-hydrogen) atoms. The number of nitrogens with one attached hydrogen (secondary N) is 1. The van der Waals surface area contributed by atoms with Gasteiger partial charge in [-0.3, -0.25) is 4.68 Å². The molecule has 0 aromatic carbocycles. The van der Waals surface area contributed by atoms with Crippen molar-refractivity contribution in [3.8, 4) is 11.4 Å². The lowest BCUT2D eigenvalue weighted by atomic mass is 9.92. The van der Waals surface area contributed by atoms with Crippen molar-refractivity contribution in [3.63, 3.8) is 0 Å². The molecule has 5 nitrogen and oxygen atoms in total. The van der Waals surface area contributed by atoms with Gasteiger partial charge in [-0.1, -0.05) is 0 Å². The summed E-state index contributed by atoms with van der Waals surface area (Å²) in [6.45, 7) is 2.94. The molecule has 1 aliphatic carbocycles. The van der Waals surface area contributed by atoms with Gasteiger partial charge in [-0.25, -0.2) is 9.97 Å². The maximum atomic E-state index is 4.72. The van der Waals surface area contributed by atoms with Crippen LogP contribution < -0.4 is 5.32 Å². The van der Waals surface area contributed by atoms with E-state index < -0.39 is 0 Å². The van der Waals surface area contributed by atoms with Gasteiger partial charge in [0.1, 0.15) is 0 Å². The number of fused-ring (bicyclic) bond motifs is 1. The summed E-state index contributed by atoms with van der Waals surface area (Å²) >= 11 is 0. The van der Waals surface area contributed by atoms with Crippen molar-refractivity contribution in [1.29, 1.82) is 0 Å². The van der Waals surface area contributed by atoms with Gasteiger partial charge in [0.05, 0.1) is 11.8 Å². The molecule has 0 spiro atoms. The second kappa shape index (κ2) is 5.09. The summed E-state index contributed by atoms with van der Waals surface area (Å²) in [4.78, 5) is 9.23. The van der Waals surface area contributed by atoms with Gasteiger partial charge in [0, 0.05) is 36.2 Å². The number of aryl methyl sites for hydroxylation is 2. The van der Waals surface area contributed by atoms with E-state index in [-0.39, 0.29) is 0 Å². The van der Waals surface area contributed by atoms with Crippen LogP contribution in [0, 0.1) is 0 Å². The molecule has 0 saturated heterocycles. The van der Waals surface area contributed by atoms with Crippen molar-refractivity contribution < 1.29 is 0 Å². The van der Waals surface area contributed by atoms with Crippen LogP contribution in [0.2, 0.25) is 0 Å². The molecule has 100 valence electrons. The Balaban J connectivity index is 1.96. The minimum Gasteiger partial charge on any atom is -0.313 e. The normalized spacial score (nSPS) is 18.3. The Morgan fingerprint density at radius 2 is 2.32 bits per heavy atom. The fourth-order valence-corrected chi connectivity index (χ4v) is 2.64. The first-order chi connectivity index (χ1) is 9.31. The minimum absolute atomic E-state index is 0.399. The lowest BCUT2D eigenvalue weighted by Gasteiger charge is -2.23. The quantitative estimate of drug-likeness (QED) is 0.913. The van der Waals surface area contributed by atoms with Gasteiger partial charge in [-0.05, 0) is 33.2 Å². The third-order valence-electron chi connectivity index (χ3n) is 3.75. The van der Waals surface area contributed by atoms with E-state index in [1.165, 1.54) is 24.1 Å². The van der Waals surface area contributed by atoms with E-state index in [9.17, 15) is 0 Å². The highest BCUT2D eigenvalue weighted by Crippen LogP contribution is 2.28. The van der Waals surface area contributed by atoms with Crippen molar-refractivity contribution >= 4 is 0 Å². The highest BCUT2D eigenvalue weighted by Gasteiger charge is 2.21. The lowest BCUT2D eigenvalue weighted by Crippen LogP contribution is -2.22. The first-order valence-corrected chi connectivity index (χ1v) is 6.87. The molecule has 5 heteroatoms. The average Bonchev–Trinajstić information content (AvgIpc) is 2.95. The Kier molecular flexibility index (Phi) is 3.29. The molecule has 1 unspecified atom stereocenters. The maximum Gasteiger partial charge on any atom is 0.162 e. The Labute approximate surface area is 113 Å². The molecule has 0 aliphatic heterocycles. The Hall–Kier alpha value is -1.75. The van der Waals surface area contributed by atoms with Gasteiger partial charge in [0.15, 0.2) is 5.82 Å². The van der Waals surface area contributed by atoms with Gasteiger partial charge in [0.2, 0.25) is 0 Å². The molecule has 0 radical (unpaired) electrons. The lowest BCUT2D eigenvalue weighted by molar-refractivity contribution is 0.488. The topological polar surface area (TPSA) is 55.6 Å². The summed E-state index contributed by atoms with van der Waals surface area (Å²) < 4.78 is 1.90. The van der Waals surface area contributed by atoms with Crippen LogP contribution in [0.1, 0.15) is 37.1 Å². The zero-order valence-electron chi connectivity index (χ0n) is 11.4. The van der Waals surface area contributed by atoms with Gasteiger partial charge in [-0.2, -0.15) is 5.10 Å². The first-order valence-electron chi connectivity index (χ1n) is 6.87. The summed E-state index contributed by atoms with van der Waals surface area (Å²) in [7, 11) is 2.00. The third-order valence-corrected chi connectivity index (χ3v) is 3.75. The van der Waals surface area contributed by atoms with E-state index in [4.69, 9.17) is 4.98 Å². The molecule has 1 atom stereocenters. The van der Waals surface area contributed by atoms with Crippen LogP contribution in [0.25, 0.3) is 11.4 Å². The molecular weight excluding hydrogens is 238 g/mol. The Morgan fingerprint density at radius 3 is 3.05 bits per heavy atom. The predicted molar refractivity (Wildman–Crippen MR) is 73.7 cm³/mol. The van der Waals surface area contributed by atoms with Crippen LogP contribution >= 0.6 is 0 Å². The zero-order chi connectivity index (χ0) is 13.2. The maximum absolute atomic E-state index is 4.72. The smallest absolute Gasteiger partial charge is 0.162 e.